The number of aryl methyl sites for hydroxylation is 1. The van der Waals surface area contributed by atoms with Gasteiger partial charge in [-0.2, -0.15) is 0 Å². The molecule has 8 nitrogen and oxygen atoms in total. The van der Waals surface area contributed by atoms with Crippen LogP contribution in [0.5, 0.6) is 5.75 Å². The molecular formula is C25H26Cl2N6O2S. The van der Waals surface area contributed by atoms with Crippen LogP contribution in [-0.4, -0.2) is 46.0 Å². The fraction of sp³-hybridized carbons (Fsp3) is 0.280. The number of carbonyl (C=O) groups is 1. The number of carbonyl (C=O) groups excluding carboxylic acids is 1. The van der Waals surface area contributed by atoms with Gasteiger partial charge in [0, 0.05) is 11.9 Å². The Labute approximate surface area is 223 Å². The topological polar surface area (TPSA) is 92.3 Å². The van der Waals surface area contributed by atoms with E-state index in [0.29, 0.717) is 39.2 Å². The molecule has 188 valence electrons. The highest BCUT2D eigenvalue weighted by molar-refractivity contribution is 7.18. The number of benzene rings is 1. The third-order valence-corrected chi connectivity index (χ3v) is 7.58. The summed E-state index contributed by atoms with van der Waals surface area (Å²) in [5.74, 6) is 1.28. The Hall–Kier alpha value is -2.98. The molecule has 3 aromatic heterocycles. The smallest absolute Gasteiger partial charge is 0.258 e. The summed E-state index contributed by atoms with van der Waals surface area (Å²) in [4.78, 5) is 29.0. The van der Waals surface area contributed by atoms with Crippen LogP contribution in [0, 0.1) is 6.92 Å². The van der Waals surface area contributed by atoms with Crippen molar-refractivity contribution in [3.8, 4) is 5.75 Å². The number of anilines is 3. The van der Waals surface area contributed by atoms with Crippen molar-refractivity contribution >= 4 is 68.0 Å². The molecule has 3 heterocycles. The Morgan fingerprint density at radius 2 is 1.94 bits per heavy atom. The zero-order valence-electron chi connectivity index (χ0n) is 20.4. The number of nitrogens with zero attached hydrogens (tertiary/aromatic N) is 4. The average Bonchev–Trinajstić information content (AvgIpc) is 3.33. The normalized spacial score (nSPS) is 11.2. The summed E-state index contributed by atoms with van der Waals surface area (Å²) in [6.45, 7) is 8.74. The first-order valence-electron chi connectivity index (χ1n) is 11.4. The molecule has 1 amide bonds. The van der Waals surface area contributed by atoms with Crippen LogP contribution in [0.25, 0.3) is 10.2 Å². The van der Waals surface area contributed by atoms with E-state index in [1.165, 1.54) is 24.8 Å². The predicted molar refractivity (Wildman–Crippen MR) is 147 cm³/mol. The average molecular weight is 545 g/mol. The molecule has 0 radical (unpaired) electrons. The fourth-order valence-corrected chi connectivity index (χ4v) is 5.18. The van der Waals surface area contributed by atoms with Gasteiger partial charge in [0.15, 0.2) is 5.82 Å². The molecule has 0 unspecified atom stereocenters. The minimum absolute atomic E-state index is 0.230. The molecule has 0 bridgehead atoms. The molecule has 11 heteroatoms. The zero-order chi connectivity index (χ0) is 25.8. The molecule has 0 aliphatic rings. The molecule has 36 heavy (non-hydrogen) atoms. The molecule has 2 N–H and O–H groups in total. The van der Waals surface area contributed by atoms with Crippen LogP contribution in [0.2, 0.25) is 10.0 Å². The lowest BCUT2D eigenvalue weighted by Gasteiger charge is -2.17. The van der Waals surface area contributed by atoms with Gasteiger partial charge in [-0.3, -0.25) is 9.69 Å². The number of hydrogen-bond acceptors (Lipinski definition) is 8. The van der Waals surface area contributed by atoms with Crippen LogP contribution < -0.4 is 15.4 Å². The molecule has 4 rings (SSSR count). The van der Waals surface area contributed by atoms with Crippen molar-refractivity contribution in [2.75, 3.05) is 30.8 Å². The van der Waals surface area contributed by atoms with E-state index in [1.807, 2.05) is 25.1 Å². The second-order valence-electron chi connectivity index (χ2n) is 8.00. The van der Waals surface area contributed by atoms with Gasteiger partial charge < -0.3 is 15.4 Å². The van der Waals surface area contributed by atoms with Gasteiger partial charge in [-0.15, -0.1) is 11.3 Å². The highest BCUT2D eigenvalue weighted by Crippen LogP contribution is 2.41. The van der Waals surface area contributed by atoms with Crippen LogP contribution in [0.4, 0.5) is 17.3 Å². The second kappa shape index (κ2) is 11.4. The van der Waals surface area contributed by atoms with Gasteiger partial charge >= 0.3 is 0 Å². The van der Waals surface area contributed by atoms with Gasteiger partial charge in [-0.25, -0.2) is 15.0 Å². The maximum absolute atomic E-state index is 13.2. The number of hydrogen-bond donors (Lipinski definition) is 2. The van der Waals surface area contributed by atoms with E-state index in [-0.39, 0.29) is 10.9 Å². The van der Waals surface area contributed by atoms with Crippen LogP contribution in [0.1, 0.15) is 35.5 Å². The number of methoxy groups -OCH3 is 1. The van der Waals surface area contributed by atoms with Crippen molar-refractivity contribution in [1.82, 2.24) is 19.9 Å². The Kier molecular flexibility index (Phi) is 8.25. The Balaban J connectivity index is 1.61. The zero-order valence-corrected chi connectivity index (χ0v) is 22.7. The summed E-state index contributed by atoms with van der Waals surface area (Å²) in [6, 6.07) is 7.57. The molecule has 4 aromatic rings. The summed E-state index contributed by atoms with van der Waals surface area (Å²) in [7, 11) is 1.51. The summed E-state index contributed by atoms with van der Waals surface area (Å²) in [5.41, 5.74) is 2.88. The molecule has 0 spiro atoms. The molecule has 0 aliphatic heterocycles. The third kappa shape index (κ3) is 5.39. The van der Waals surface area contributed by atoms with Crippen molar-refractivity contribution < 1.29 is 9.53 Å². The number of thiophene rings is 1. The number of pyridine rings is 1. The number of aromatic nitrogens is 3. The minimum Gasteiger partial charge on any atom is -0.495 e. The van der Waals surface area contributed by atoms with Gasteiger partial charge in [0.05, 0.1) is 39.3 Å². The van der Waals surface area contributed by atoms with E-state index in [9.17, 15) is 4.79 Å². The number of rotatable bonds is 9. The van der Waals surface area contributed by atoms with E-state index < -0.39 is 0 Å². The van der Waals surface area contributed by atoms with Crippen LogP contribution in [-0.2, 0) is 6.54 Å². The number of halogens is 2. The molecular weight excluding hydrogens is 519 g/mol. The largest absolute Gasteiger partial charge is 0.495 e. The lowest BCUT2D eigenvalue weighted by molar-refractivity contribution is 0.102. The van der Waals surface area contributed by atoms with Gasteiger partial charge in [-0.05, 0) is 43.8 Å². The van der Waals surface area contributed by atoms with E-state index in [1.54, 1.807) is 11.4 Å². The highest BCUT2D eigenvalue weighted by atomic mass is 35.5. The monoisotopic (exact) mass is 544 g/mol. The van der Waals surface area contributed by atoms with Crippen molar-refractivity contribution in [1.29, 1.82) is 0 Å². The Morgan fingerprint density at radius 1 is 1.17 bits per heavy atom. The SMILES string of the molecule is CCN(CC)Cc1cccc(Nc2ncnc3c(C(=O)Nc4c(Cl)c(C)cc(OC)c4Cl)csc23)n1. The van der Waals surface area contributed by atoms with E-state index in [0.717, 1.165) is 35.6 Å². The lowest BCUT2D eigenvalue weighted by atomic mass is 10.2. The van der Waals surface area contributed by atoms with Crippen molar-refractivity contribution in [2.24, 2.45) is 0 Å². The summed E-state index contributed by atoms with van der Waals surface area (Å²) in [5, 5.41) is 8.41. The number of fused-ring (bicyclic) bond motifs is 1. The standard InChI is InChI=1S/C25H26Cl2N6O2S/c1-5-33(6-2)11-15-8-7-9-18(30-15)31-24-23-21(28-13-29-24)16(12-36-23)25(34)32-22-19(26)14(3)10-17(35-4)20(22)27/h7-10,12-13H,5-6,11H2,1-4H3,(H,32,34)(H,28,29,30,31). The fourth-order valence-electron chi connectivity index (χ4n) is 3.72. The van der Waals surface area contributed by atoms with Gasteiger partial charge in [0.25, 0.3) is 5.91 Å². The van der Waals surface area contributed by atoms with E-state index in [4.69, 9.17) is 32.9 Å². The first-order valence-corrected chi connectivity index (χ1v) is 13.0. The van der Waals surface area contributed by atoms with Crippen LogP contribution in [0.3, 0.4) is 0 Å². The van der Waals surface area contributed by atoms with Crippen LogP contribution in [0.15, 0.2) is 36.0 Å². The molecule has 0 saturated heterocycles. The Bertz CT molecular complexity index is 1410. The lowest BCUT2D eigenvalue weighted by Crippen LogP contribution is -2.22. The summed E-state index contributed by atoms with van der Waals surface area (Å²) < 4.78 is 6.04. The van der Waals surface area contributed by atoms with Crippen molar-refractivity contribution in [2.45, 2.75) is 27.3 Å². The second-order valence-corrected chi connectivity index (χ2v) is 9.64. The number of nitrogens with one attached hydrogen (secondary N) is 2. The quantitative estimate of drug-likeness (QED) is 0.247. The van der Waals surface area contributed by atoms with Crippen molar-refractivity contribution in [3.05, 3.63) is 62.8 Å². The number of ether oxygens (including phenoxy) is 1. The van der Waals surface area contributed by atoms with Crippen molar-refractivity contribution in [3.63, 3.8) is 0 Å². The van der Waals surface area contributed by atoms with Gasteiger partial charge in [-0.1, -0.05) is 43.1 Å². The van der Waals surface area contributed by atoms with Gasteiger partial charge in [0.1, 0.15) is 22.9 Å². The molecule has 0 aliphatic carbocycles. The molecule has 0 saturated carbocycles. The predicted octanol–water partition coefficient (Wildman–Crippen LogP) is 6.55. The maximum atomic E-state index is 13.2. The van der Waals surface area contributed by atoms with Gasteiger partial charge in [0.2, 0.25) is 0 Å². The highest BCUT2D eigenvalue weighted by Gasteiger charge is 2.21. The maximum Gasteiger partial charge on any atom is 0.258 e. The summed E-state index contributed by atoms with van der Waals surface area (Å²) >= 11 is 14.2. The first-order chi connectivity index (χ1) is 17.4. The molecule has 1 aromatic carbocycles. The molecule has 0 atom stereocenters. The number of amides is 1. The van der Waals surface area contributed by atoms with Crippen LogP contribution >= 0.6 is 34.5 Å². The molecule has 0 fully saturated rings. The van der Waals surface area contributed by atoms with E-state index >= 15 is 0 Å². The Morgan fingerprint density at radius 3 is 2.67 bits per heavy atom. The third-order valence-electron chi connectivity index (χ3n) is 5.74. The summed E-state index contributed by atoms with van der Waals surface area (Å²) in [6.07, 6.45) is 1.42. The first kappa shape index (κ1) is 26.1. The van der Waals surface area contributed by atoms with E-state index in [2.05, 4.69) is 39.3 Å². The minimum atomic E-state index is -0.387.